The van der Waals surface area contributed by atoms with E-state index in [1.807, 2.05) is 45.0 Å². The molecule has 1 unspecified atom stereocenters. The van der Waals surface area contributed by atoms with Gasteiger partial charge in [-0.1, -0.05) is 35.9 Å². The highest BCUT2D eigenvalue weighted by Gasteiger charge is 2.36. The fourth-order valence-electron chi connectivity index (χ4n) is 4.02. The number of hydrogen-bond donors (Lipinski definition) is 2. The molecule has 0 fully saturated rings. The van der Waals surface area contributed by atoms with Crippen molar-refractivity contribution in [1.82, 2.24) is 15.2 Å². The molecule has 3 aromatic rings. The van der Waals surface area contributed by atoms with Crippen LogP contribution in [0.3, 0.4) is 0 Å². The van der Waals surface area contributed by atoms with E-state index in [2.05, 4.69) is 15.6 Å². The molecule has 1 atom stereocenters. The van der Waals surface area contributed by atoms with Gasteiger partial charge in [0.2, 0.25) is 11.8 Å². The van der Waals surface area contributed by atoms with Crippen LogP contribution in [-0.4, -0.2) is 46.2 Å². The van der Waals surface area contributed by atoms with Crippen molar-refractivity contribution < 1.29 is 14.4 Å². The zero-order valence-corrected chi connectivity index (χ0v) is 19.4. The predicted molar refractivity (Wildman–Crippen MR) is 128 cm³/mol. The molecule has 170 valence electrons. The van der Waals surface area contributed by atoms with E-state index in [0.717, 1.165) is 10.8 Å². The lowest BCUT2D eigenvalue weighted by atomic mass is 9.88. The van der Waals surface area contributed by atoms with Gasteiger partial charge in [-0.25, -0.2) is 0 Å². The lowest BCUT2D eigenvalue weighted by Gasteiger charge is -2.34. The molecular weight excluding hydrogens is 440 g/mol. The Hall–Kier alpha value is -3.45. The average molecular weight is 465 g/mol. The minimum atomic E-state index is -0.696. The van der Waals surface area contributed by atoms with Crippen molar-refractivity contribution >= 4 is 45.8 Å². The van der Waals surface area contributed by atoms with Crippen molar-refractivity contribution in [1.29, 1.82) is 0 Å². The second-order valence-electron chi connectivity index (χ2n) is 9.17. The summed E-state index contributed by atoms with van der Waals surface area (Å²) in [6.45, 7) is 5.53. The second kappa shape index (κ2) is 8.83. The van der Waals surface area contributed by atoms with Crippen LogP contribution in [0.25, 0.3) is 10.8 Å². The third-order valence-electron chi connectivity index (χ3n) is 5.40. The van der Waals surface area contributed by atoms with E-state index in [1.165, 1.54) is 4.90 Å². The molecule has 0 spiro atoms. The van der Waals surface area contributed by atoms with Gasteiger partial charge in [0.1, 0.15) is 0 Å². The summed E-state index contributed by atoms with van der Waals surface area (Å²) >= 11 is 6.20. The Bertz CT molecular complexity index is 1250. The van der Waals surface area contributed by atoms with Gasteiger partial charge >= 0.3 is 0 Å². The highest BCUT2D eigenvalue weighted by Crippen LogP contribution is 2.32. The van der Waals surface area contributed by atoms with Crippen LogP contribution in [0.1, 0.15) is 42.6 Å². The first kappa shape index (κ1) is 22.7. The summed E-state index contributed by atoms with van der Waals surface area (Å²) in [4.78, 5) is 44.7. The number of nitrogens with zero attached hydrogens (tertiary/aromatic N) is 2. The number of anilines is 1. The standard InChI is InChI=1S/C25H25ClN4O3/c1-25(2,3)29-22(31)14-30-13-20(19-10-16(26)8-9-18(19)24(30)33)23(32)28-21-12-27-11-15-6-4-5-7-17(15)21/h4-12,20H,13-14H2,1-3H3,(H,28,32)(H,29,31). The smallest absolute Gasteiger partial charge is 0.254 e. The molecule has 8 heteroatoms. The SMILES string of the molecule is CC(C)(C)NC(=O)CN1CC(C(=O)Nc2cncc3ccccc23)c2cc(Cl)ccc2C1=O. The predicted octanol–water partition coefficient (Wildman–Crippen LogP) is 3.98. The van der Waals surface area contributed by atoms with E-state index in [9.17, 15) is 14.4 Å². The number of fused-ring (bicyclic) bond motifs is 2. The Labute approximate surface area is 197 Å². The largest absolute Gasteiger partial charge is 0.350 e. The molecular formula is C25H25ClN4O3. The number of carbonyl (C=O) groups excluding carboxylic acids is 3. The number of rotatable bonds is 4. The highest BCUT2D eigenvalue weighted by molar-refractivity contribution is 6.30. The molecule has 3 amide bonds. The van der Waals surface area contributed by atoms with E-state index in [1.54, 1.807) is 30.6 Å². The lowest BCUT2D eigenvalue weighted by molar-refractivity contribution is -0.124. The summed E-state index contributed by atoms with van der Waals surface area (Å²) in [5.41, 5.74) is 1.06. The molecule has 1 aliphatic heterocycles. The quantitative estimate of drug-likeness (QED) is 0.611. The lowest BCUT2D eigenvalue weighted by Crippen LogP contribution is -2.50. The van der Waals surface area contributed by atoms with Crippen molar-refractivity contribution in [2.75, 3.05) is 18.4 Å². The zero-order chi connectivity index (χ0) is 23.8. The molecule has 2 heterocycles. The summed E-state index contributed by atoms with van der Waals surface area (Å²) < 4.78 is 0. The minimum Gasteiger partial charge on any atom is -0.350 e. The number of pyridine rings is 1. The topological polar surface area (TPSA) is 91.4 Å². The van der Waals surface area contributed by atoms with Crippen LogP contribution >= 0.6 is 11.6 Å². The molecule has 33 heavy (non-hydrogen) atoms. The van der Waals surface area contributed by atoms with Crippen molar-refractivity contribution in [2.45, 2.75) is 32.2 Å². The number of halogens is 1. The van der Waals surface area contributed by atoms with E-state index in [4.69, 9.17) is 11.6 Å². The molecule has 0 aliphatic carbocycles. The van der Waals surface area contributed by atoms with Gasteiger partial charge in [-0.05, 0) is 44.5 Å². The number of hydrogen-bond acceptors (Lipinski definition) is 4. The molecule has 0 saturated carbocycles. The van der Waals surface area contributed by atoms with Gasteiger partial charge in [-0.3, -0.25) is 19.4 Å². The zero-order valence-electron chi connectivity index (χ0n) is 18.7. The van der Waals surface area contributed by atoms with Gasteiger partial charge in [-0.2, -0.15) is 0 Å². The van der Waals surface area contributed by atoms with Gasteiger partial charge in [-0.15, -0.1) is 0 Å². The molecule has 0 saturated heterocycles. The van der Waals surface area contributed by atoms with Crippen molar-refractivity contribution in [3.63, 3.8) is 0 Å². The number of amides is 3. The fourth-order valence-corrected chi connectivity index (χ4v) is 4.20. The highest BCUT2D eigenvalue weighted by atomic mass is 35.5. The number of benzene rings is 2. The Kier molecular flexibility index (Phi) is 6.08. The third kappa shape index (κ3) is 4.98. The van der Waals surface area contributed by atoms with E-state index < -0.39 is 11.5 Å². The summed E-state index contributed by atoms with van der Waals surface area (Å²) in [7, 11) is 0. The molecule has 0 bridgehead atoms. The van der Waals surface area contributed by atoms with Crippen LogP contribution in [0, 0.1) is 0 Å². The number of nitrogens with one attached hydrogen (secondary N) is 2. The van der Waals surface area contributed by atoms with Crippen LogP contribution in [0.15, 0.2) is 54.9 Å². The third-order valence-corrected chi connectivity index (χ3v) is 5.64. The van der Waals surface area contributed by atoms with Gasteiger partial charge in [0.25, 0.3) is 5.91 Å². The molecule has 1 aromatic heterocycles. The maximum absolute atomic E-state index is 13.4. The fraction of sp³-hybridized carbons (Fsp3) is 0.280. The Balaban J connectivity index is 1.65. The maximum Gasteiger partial charge on any atom is 0.254 e. The van der Waals surface area contributed by atoms with Crippen LogP contribution in [0.4, 0.5) is 5.69 Å². The van der Waals surface area contributed by atoms with Gasteiger partial charge in [0.15, 0.2) is 0 Å². The van der Waals surface area contributed by atoms with E-state index >= 15 is 0 Å². The van der Waals surface area contributed by atoms with Crippen LogP contribution in [0.5, 0.6) is 0 Å². The Morgan fingerprint density at radius 3 is 2.67 bits per heavy atom. The molecule has 4 rings (SSSR count). The van der Waals surface area contributed by atoms with Crippen LogP contribution < -0.4 is 10.6 Å². The second-order valence-corrected chi connectivity index (χ2v) is 9.60. The first-order valence-corrected chi connectivity index (χ1v) is 11.0. The van der Waals surface area contributed by atoms with Crippen LogP contribution in [-0.2, 0) is 9.59 Å². The van der Waals surface area contributed by atoms with E-state index in [-0.39, 0.29) is 30.8 Å². The van der Waals surface area contributed by atoms with Crippen molar-refractivity contribution in [2.24, 2.45) is 0 Å². The summed E-state index contributed by atoms with van der Waals surface area (Å²) in [5, 5.41) is 8.02. The van der Waals surface area contributed by atoms with E-state index in [0.29, 0.717) is 21.8 Å². The first-order chi connectivity index (χ1) is 15.6. The normalized spacial score (nSPS) is 15.8. The summed E-state index contributed by atoms with van der Waals surface area (Å²) in [5.74, 6) is -1.59. The van der Waals surface area contributed by atoms with Crippen LogP contribution in [0.2, 0.25) is 5.02 Å². The average Bonchev–Trinajstić information content (AvgIpc) is 2.74. The number of aromatic nitrogens is 1. The molecule has 1 aliphatic rings. The molecule has 2 N–H and O–H groups in total. The van der Waals surface area contributed by atoms with Gasteiger partial charge in [0, 0.05) is 39.6 Å². The van der Waals surface area contributed by atoms with Gasteiger partial charge in [0.05, 0.1) is 24.3 Å². The molecule has 2 aromatic carbocycles. The maximum atomic E-state index is 13.4. The molecule has 7 nitrogen and oxygen atoms in total. The Morgan fingerprint density at radius 1 is 1.15 bits per heavy atom. The van der Waals surface area contributed by atoms with Crippen molar-refractivity contribution in [3.05, 3.63) is 71.0 Å². The monoisotopic (exact) mass is 464 g/mol. The summed E-state index contributed by atoms with van der Waals surface area (Å²) in [6, 6.07) is 12.5. The minimum absolute atomic E-state index is 0.0633. The summed E-state index contributed by atoms with van der Waals surface area (Å²) in [6.07, 6.45) is 3.33. The van der Waals surface area contributed by atoms with Gasteiger partial charge < -0.3 is 15.5 Å². The Morgan fingerprint density at radius 2 is 1.91 bits per heavy atom. The number of carbonyl (C=O) groups is 3. The molecule has 0 radical (unpaired) electrons. The van der Waals surface area contributed by atoms with Crippen molar-refractivity contribution in [3.8, 4) is 0 Å². The first-order valence-electron chi connectivity index (χ1n) is 10.7.